The Morgan fingerprint density at radius 1 is 1.53 bits per heavy atom. The van der Waals surface area contributed by atoms with Gasteiger partial charge in [-0.25, -0.2) is 4.98 Å². The number of hydrogen-bond donors (Lipinski definition) is 3. The van der Waals surface area contributed by atoms with Gasteiger partial charge < -0.3 is 20.9 Å². The summed E-state index contributed by atoms with van der Waals surface area (Å²) in [4.78, 5) is 14.1. The lowest BCUT2D eigenvalue weighted by Crippen LogP contribution is -2.42. The smallest absolute Gasteiger partial charge is 0.276 e. The molecule has 2 rings (SSSR count). The van der Waals surface area contributed by atoms with Crippen molar-refractivity contribution in [3.8, 4) is 0 Å². The Labute approximate surface area is 109 Å². The molecule has 1 aliphatic heterocycles. The molecule has 1 saturated heterocycles. The van der Waals surface area contributed by atoms with E-state index in [1.807, 2.05) is 0 Å². The first kappa shape index (κ1) is 13.5. The molecule has 1 aromatic heterocycles. The Hall–Kier alpha value is -1.93. The summed E-state index contributed by atoms with van der Waals surface area (Å²) < 4.78 is 5.17. The van der Waals surface area contributed by atoms with Crippen molar-refractivity contribution in [1.29, 1.82) is 0 Å². The fraction of sp³-hybridized carbons (Fsp3) is 0.545. The first-order chi connectivity index (χ1) is 8.98. The normalized spacial score (nSPS) is 17.9. The molecule has 0 saturated carbocycles. The van der Waals surface area contributed by atoms with Gasteiger partial charge in [0.15, 0.2) is 0 Å². The van der Waals surface area contributed by atoms with Crippen molar-refractivity contribution in [2.75, 3.05) is 30.8 Å². The summed E-state index contributed by atoms with van der Waals surface area (Å²) in [6.07, 6.45) is 1.04. The van der Waals surface area contributed by atoms with E-state index in [-0.39, 0.29) is 23.9 Å². The van der Waals surface area contributed by atoms with E-state index in [0.29, 0.717) is 26.1 Å². The van der Waals surface area contributed by atoms with E-state index < -0.39 is 10.5 Å². The zero-order valence-corrected chi connectivity index (χ0v) is 10.3. The molecule has 0 aromatic carbocycles. The number of nitrogens with one attached hydrogen (secondary N) is 1. The summed E-state index contributed by atoms with van der Waals surface area (Å²) >= 11 is 0. The number of ether oxygens (including phenoxy) is 1. The van der Waals surface area contributed by atoms with Crippen LogP contribution in [0.5, 0.6) is 0 Å². The second-order valence-corrected chi connectivity index (χ2v) is 4.58. The molecule has 0 atom stereocenters. The number of aliphatic hydroxyl groups is 1. The molecule has 0 aliphatic carbocycles. The highest BCUT2D eigenvalue weighted by Gasteiger charge is 2.29. The zero-order chi connectivity index (χ0) is 13.9. The van der Waals surface area contributed by atoms with Crippen LogP contribution in [0, 0.1) is 10.1 Å². The van der Waals surface area contributed by atoms with Crippen molar-refractivity contribution in [1.82, 2.24) is 4.98 Å². The predicted molar refractivity (Wildman–Crippen MR) is 68.8 cm³/mol. The highest BCUT2D eigenvalue weighted by Crippen LogP contribution is 2.23. The Morgan fingerprint density at radius 3 is 2.84 bits per heavy atom. The largest absolute Gasteiger partial charge is 0.388 e. The van der Waals surface area contributed by atoms with E-state index in [1.165, 1.54) is 12.1 Å². The molecule has 19 heavy (non-hydrogen) atoms. The molecule has 0 bridgehead atoms. The van der Waals surface area contributed by atoms with Gasteiger partial charge in [-0.05, 0) is 0 Å². The molecule has 0 spiro atoms. The number of pyridine rings is 1. The molecule has 0 unspecified atom stereocenters. The molecule has 8 nitrogen and oxygen atoms in total. The van der Waals surface area contributed by atoms with Gasteiger partial charge in [-0.3, -0.25) is 10.1 Å². The molecule has 0 radical (unpaired) electrons. The first-order valence-corrected chi connectivity index (χ1v) is 5.94. The van der Waals surface area contributed by atoms with Crippen LogP contribution in [-0.2, 0) is 4.74 Å². The number of rotatable bonds is 4. The van der Waals surface area contributed by atoms with Crippen molar-refractivity contribution in [3.63, 3.8) is 0 Å². The Morgan fingerprint density at radius 2 is 2.21 bits per heavy atom. The number of anilines is 2. The lowest BCUT2D eigenvalue weighted by Gasteiger charge is -2.32. The average Bonchev–Trinajstić information content (AvgIpc) is 2.37. The fourth-order valence-electron chi connectivity index (χ4n) is 1.92. The van der Waals surface area contributed by atoms with Gasteiger partial charge >= 0.3 is 0 Å². The third-order valence-electron chi connectivity index (χ3n) is 3.06. The first-order valence-electron chi connectivity index (χ1n) is 5.94. The van der Waals surface area contributed by atoms with E-state index in [9.17, 15) is 15.2 Å². The van der Waals surface area contributed by atoms with E-state index in [1.54, 1.807) is 0 Å². The van der Waals surface area contributed by atoms with Crippen molar-refractivity contribution in [2.24, 2.45) is 0 Å². The van der Waals surface area contributed by atoms with Gasteiger partial charge in [0.2, 0.25) is 0 Å². The molecule has 1 aromatic rings. The maximum atomic E-state index is 10.7. The summed E-state index contributed by atoms with van der Waals surface area (Å²) in [5, 5.41) is 23.8. The minimum Gasteiger partial charge on any atom is -0.388 e. The van der Waals surface area contributed by atoms with Gasteiger partial charge in [-0.1, -0.05) is 0 Å². The average molecular weight is 268 g/mol. The molecule has 4 N–H and O–H groups in total. The van der Waals surface area contributed by atoms with Crippen LogP contribution < -0.4 is 11.1 Å². The van der Waals surface area contributed by atoms with Crippen molar-refractivity contribution in [2.45, 2.75) is 18.4 Å². The number of nitrogen functional groups attached to an aromatic ring is 1. The molecule has 8 heteroatoms. The summed E-state index contributed by atoms with van der Waals surface area (Å²) in [6, 6.07) is 2.48. The molecule has 104 valence electrons. The lowest BCUT2D eigenvalue weighted by molar-refractivity contribution is -0.384. The molecular formula is C11H16N4O4. The predicted octanol–water partition coefficient (Wildman–Crippen LogP) is 0.525. The maximum Gasteiger partial charge on any atom is 0.276 e. The van der Waals surface area contributed by atoms with Crippen LogP contribution in [0.25, 0.3) is 0 Å². The SMILES string of the molecule is Nc1cc([N+](=O)[O-])cc(NCC2(O)CCOCC2)n1. The number of nitrogens with zero attached hydrogens (tertiary/aromatic N) is 2. The van der Waals surface area contributed by atoms with Crippen molar-refractivity contribution >= 4 is 17.3 Å². The van der Waals surface area contributed by atoms with Crippen LogP contribution in [0.1, 0.15) is 12.8 Å². The van der Waals surface area contributed by atoms with E-state index in [0.717, 1.165) is 0 Å². The minimum absolute atomic E-state index is 0.0654. The maximum absolute atomic E-state index is 10.7. The number of nitro groups is 1. The van der Waals surface area contributed by atoms with Gasteiger partial charge in [0.25, 0.3) is 5.69 Å². The fourth-order valence-corrected chi connectivity index (χ4v) is 1.92. The monoisotopic (exact) mass is 268 g/mol. The highest BCUT2D eigenvalue weighted by molar-refractivity contribution is 5.52. The minimum atomic E-state index is -0.876. The summed E-state index contributed by atoms with van der Waals surface area (Å²) in [5.74, 6) is 0.349. The molecule has 1 aliphatic rings. The van der Waals surface area contributed by atoms with Gasteiger partial charge in [0.05, 0.1) is 22.7 Å². The van der Waals surface area contributed by atoms with Gasteiger partial charge in [-0.2, -0.15) is 0 Å². The highest BCUT2D eigenvalue weighted by atomic mass is 16.6. The van der Waals surface area contributed by atoms with Crippen LogP contribution in [0.15, 0.2) is 12.1 Å². The third kappa shape index (κ3) is 3.52. The molecule has 2 heterocycles. The van der Waals surface area contributed by atoms with Gasteiger partial charge in [-0.15, -0.1) is 0 Å². The standard InChI is InChI=1S/C11H16N4O4/c12-9-5-8(15(17)18)6-10(14-9)13-7-11(16)1-3-19-4-2-11/h5-6,16H,1-4,7H2,(H3,12,13,14). The van der Waals surface area contributed by atoms with Gasteiger partial charge in [0, 0.05) is 32.6 Å². The van der Waals surface area contributed by atoms with E-state index >= 15 is 0 Å². The topological polar surface area (TPSA) is 124 Å². The van der Waals surface area contributed by atoms with Crippen LogP contribution >= 0.6 is 0 Å². The summed E-state index contributed by atoms with van der Waals surface area (Å²) in [5.41, 5.74) is 4.49. The number of hydrogen-bond acceptors (Lipinski definition) is 7. The van der Waals surface area contributed by atoms with Crippen LogP contribution in [0.4, 0.5) is 17.3 Å². The molecular weight excluding hydrogens is 252 g/mol. The molecule has 1 fully saturated rings. The van der Waals surface area contributed by atoms with Crippen LogP contribution in [0.3, 0.4) is 0 Å². The van der Waals surface area contributed by atoms with E-state index in [4.69, 9.17) is 10.5 Å². The quantitative estimate of drug-likeness (QED) is 0.537. The van der Waals surface area contributed by atoms with Gasteiger partial charge in [0.1, 0.15) is 11.6 Å². The summed E-state index contributed by atoms with van der Waals surface area (Å²) in [7, 11) is 0. The number of nitrogens with two attached hydrogens (primary N) is 1. The van der Waals surface area contributed by atoms with Crippen LogP contribution in [-0.4, -0.2) is 40.4 Å². The van der Waals surface area contributed by atoms with Crippen molar-refractivity contribution < 1.29 is 14.8 Å². The Balaban J connectivity index is 2.04. The molecule has 0 amide bonds. The zero-order valence-electron chi connectivity index (χ0n) is 10.3. The Bertz CT molecular complexity index is 474. The summed E-state index contributed by atoms with van der Waals surface area (Å²) in [6.45, 7) is 1.26. The lowest BCUT2D eigenvalue weighted by atomic mass is 9.94. The number of aromatic nitrogens is 1. The third-order valence-corrected chi connectivity index (χ3v) is 3.06. The van der Waals surface area contributed by atoms with E-state index in [2.05, 4.69) is 10.3 Å². The Kier molecular flexibility index (Phi) is 3.82. The van der Waals surface area contributed by atoms with Crippen LogP contribution in [0.2, 0.25) is 0 Å². The second-order valence-electron chi connectivity index (χ2n) is 4.58. The second kappa shape index (κ2) is 5.37. The van der Waals surface area contributed by atoms with Crippen molar-refractivity contribution in [3.05, 3.63) is 22.2 Å².